The lowest BCUT2D eigenvalue weighted by Crippen LogP contribution is -2.13. The Morgan fingerprint density at radius 1 is 1.04 bits per heavy atom. The lowest BCUT2D eigenvalue weighted by Gasteiger charge is -2.09. The van der Waals surface area contributed by atoms with E-state index in [2.05, 4.69) is 10.6 Å². The number of carbonyl (C=O) groups excluding carboxylic acids is 2. The molecule has 2 N–H and O–H groups in total. The zero-order valence-electron chi connectivity index (χ0n) is 13.3. The Labute approximate surface area is 146 Å². The second-order valence-electron chi connectivity index (χ2n) is 5.22. The largest absolute Gasteiger partial charge is 0.494 e. The van der Waals surface area contributed by atoms with E-state index in [4.69, 9.17) is 16.3 Å². The summed E-state index contributed by atoms with van der Waals surface area (Å²) in [6.07, 6.45) is 0.942. The van der Waals surface area contributed by atoms with Crippen molar-refractivity contribution in [3.63, 3.8) is 0 Å². The van der Waals surface area contributed by atoms with Gasteiger partial charge in [-0.05, 0) is 48.9 Å². The van der Waals surface area contributed by atoms with Crippen LogP contribution in [0, 0.1) is 0 Å². The number of amides is 2. The number of hydrogen-bond acceptors (Lipinski definition) is 3. The van der Waals surface area contributed by atoms with Crippen LogP contribution in [-0.2, 0) is 9.59 Å². The van der Waals surface area contributed by atoms with E-state index in [9.17, 15) is 9.59 Å². The molecule has 0 radical (unpaired) electrons. The van der Waals surface area contributed by atoms with Gasteiger partial charge in [0.25, 0.3) is 0 Å². The van der Waals surface area contributed by atoms with E-state index in [1.54, 1.807) is 48.5 Å². The van der Waals surface area contributed by atoms with Crippen molar-refractivity contribution in [2.45, 2.75) is 19.8 Å². The molecule has 0 heterocycles. The third-order valence-electron chi connectivity index (χ3n) is 3.10. The molecular weight excluding hydrogens is 328 g/mol. The number of rotatable bonds is 7. The van der Waals surface area contributed by atoms with E-state index in [0.717, 1.165) is 5.75 Å². The summed E-state index contributed by atoms with van der Waals surface area (Å²) in [6, 6.07) is 14.1. The Morgan fingerprint density at radius 3 is 2.38 bits per heavy atom. The standard InChI is InChI=1S/C18H19ClN2O3/c1-13(22)20-15-4-2-5-16(12-15)21-18(23)6-3-11-24-17-9-7-14(19)8-10-17/h2,4-5,7-10,12H,3,6,11H2,1H3,(H,20,22)(H,21,23). The highest BCUT2D eigenvalue weighted by Gasteiger charge is 2.04. The maximum Gasteiger partial charge on any atom is 0.224 e. The average Bonchev–Trinajstić information content (AvgIpc) is 2.53. The smallest absolute Gasteiger partial charge is 0.224 e. The molecule has 0 saturated carbocycles. The van der Waals surface area contributed by atoms with Gasteiger partial charge < -0.3 is 15.4 Å². The summed E-state index contributed by atoms with van der Waals surface area (Å²) in [5, 5.41) is 6.13. The molecule has 6 heteroatoms. The van der Waals surface area contributed by atoms with Gasteiger partial charge in [0, 0.05) is 29.7 Å². The highest BCUT2D eigenvalue weighted by molar-refractivity contribution is 6.30. The van der Waals surface area contributed by atoms with Gasteiger partial charge in [-0.15, -0.1) is 0 Å². The monoisotopic (exact) mass is 346 g/mol. The van der Waals surface area contributed by atoms with Gasteiger partial charge in [0.05, 0.1) is 6.61 Å². The molecule has 0 aliphatic carbocycles. The van der Waals surface area contributed by atoms with E-state index in [1.165, 1.54) is 6.92 Å². The fourth-order valence-corrected chi connectivity index (χ4v) is 2.18. The van der Waals surface area contributed by atoms with Gasteiger partial charge in [0.15, 0.2) is 0 Å². The van der Waals surface area contributed by atoms with Crippen LogP contribution < -0.4 is 15.4 Å². The second-order valence-corrected chi connectivity index (χ2v) is 5.65. The highest BCUT2D eigenvalue weighted by atomic mass is 35.5. The molecular formula is C18H19ClN2O3. The van der Waals surface area contributed by atoms with E-state index in [0.29, 0.717) is 35.8 Å². The molecule has 2 aromatic carbocycles. The molecule has 0 bridgehead atoms. The SMILES string of the molecule is CC(=O)Nc1cccc(NC(=O)CCCOc2ccc(Cl)cc2)c1. The molecule has 0 aromatic heterocycles. The predicted octanol–water partition coefficient (Wildman–Crippen LogP) is 4.10. The molecule has 0 saturated heterocycles. The van der Waals surface area contributed by atoms with Crippen molar-refractivity contribution in [3.8, 4) is 5.75 Å². The van der Waals surface area contributed by atoms with Gasteiger partial charge in [0.1, 0.15) is 5.75 Å². The summed E-state index contributed by atoms with van der Waals surface area (Å²) in [4.78, 5) is 23.0. The van der Waals surface area contributed by atoms with E-state index < -0.39 is 0 Å². The lowest BCUT2D eigenvalue weighted by atomic mass is 10.2. The normalized spacial score (nSPS) is 10.1. The van der Waals surface area contributed by atoms with Crippen LogP contribution in [0.4, 0.5) is 11.4 Å². The molecule has 0 aliphatic rings. The molecule has 2 amide bonds. The third kappa shape index (κ3) is 6.30. The minimum Gasteiger partial charge on any atom is -0.494 e. The van der Waals surface area contributed by atoms with Crippen LogP contribution in [-0.4, -0.2) is 18.4 Å². The van der Waals surface area contributed by atoms with Gasteiger partial charge in [-0.2, -0.15) is 0 Å². The van der Waals surface area contributed by atoms with Crippen molar-refractivity contribution < 1.29 is 14.3 Å². The topological polar surface area (TPSA) is 67.4 Å². The van der Waals surface area contributed by atoms with Crippen LogP contribution in [0.3, 0.4) is 0 Å². The van der Waals surface area contributed by atoms with Crippen molar-refractivity contribution in [2.75, 3.05) is 17.2 Å². The number of benzene rings is 2. The molecule has 0 fully saturated rings. The Hall–Kier alpha value is -2.53. The molecule has 0 atom stereocenters. The summed E-state index contributed by atoms with van der Waals surface area (Å²) < 4.78 is 5.54. The Morgan fingerprint density at radius 2 is 1.71 bits per heavy atom. The molecule has 0 unspecified atom stereocenters. The van der Waals surface area contributed by atoms with Crippen LogP contribution in [0.25, 0.3) is 0 Å². The summed E-state index contributed by atoms with van der Waals surface area (Å²) in [5.41, 5.74) is 1.29. The van der Waals surface area contributed by atoms with Gasteiger partial charge in [-0.1, -0.05) is 17.7 Å². The van der Waals surface area contributed by atoms with Crippen LogP contribution in [0.1, 0.15) is 19.8 Å². The number of carbonyl (C=O) groups is 2. The molecule has 0 aliphatic heterocycles. The average molecular weight is 347 g/mol. The van der Waals surface area contributed by atoms with Crippen molar-refractivity contribution in [1.29, 1.82) is 0 Å². The van der Waals surface area contributed by atoms with Gasteiger partial charge in [-0.3, -0.25) is 9.59 Å². The van der Waals surface area contributed by atoms with Crippen LogP contribution >= 0.6 is 11.6 Å². The van der Waals surface area contributed by atoms with Crippen LogP contribution in [0.2, 0.25) is 5.02 Å². The number of hydrogen-bond donors (Lipinski definition) is 2. The predicted molar refractivity (Wildman–Crippen MR) is 95.6 cm³/mol. The third-order valence-corrected chi connectivity index (χ3v) is 3.35. The van der Waals surface area contributed by atoms with E-state index in [-0.39, 0.29) is 11.8 Å². The fraction of sp³-hybridized carbons (Fsp3) is 0.222. The Bertz CT molecular complexity index is 702. The van der Waals surface area contributed by atoms with Crippen molar-refractivity contribution in [3.05, 3.63) is 53.6 Å². The molecule has 2 aromatic rings. The number of halogens is 1. The summed E-state index contributed by atoms with van der Waals surface area (Å²) in [6.45, 7) is 1.88. The second kappa shape index (κ2) is 8.93. The zero-order chi connectivity index (χ0) is 17.4. The maximum atomic E-state index is 11.9. The molecule has 2 rings (SSSR count). The first-order chi connectivity index (χ1) is 11.5. The van der Waals surface area contributed by atoms with Gasteiger partial charge >= 0.3 is 0 Å². The Kier molecular flexibility index (Phi) is 6.63. The first-order valence-corrected chi connectivity index (χ1v) is 7.96. The van der Waals surface area contributed by atoms with Crippen molar-refractivity contribution >= 4 is 34.8 Å². The summed E-state index contributed by atoms with van der Waals surface area (Å²) >= 11 is 5.80. The number of anilines is 2. The fourth-order valence-electron chi connectivity index (χ4n) is 2.06. The molecule has 0 spiro atoms. The van der Waals surface area contributed by atoms with Crippen molar-refractivity contribution in [1.82, 2.24) is 0 Å². The molecule has 126 valence electrons. The van der Waals surface area contributed by atoms with E-state index >= 15 is 0 Å². The van der Waals surface area contributed by atoms with Crippen LogP contribution in [0.15, 0.2) is 48.5 Å². The first kappa shape index (κ1) is 17.8. The zero-order valence-corrected chi connectivity index (χ0v) is 14.1. The first-order valence-electron chi connectivity index (χ1n) is 7.59. The number of nitrogens with one attached hydrogen (secondary N) is 2. The maximum absolute atomic E-state index is 11.9. The van der Waals surface area contributed by atoms with E-state index in [1.807, 2.05) is 0 Å². The molecule has 5 nitrogen and oxygen atoms in total. The summed E-state index contributed by atoms with van der Waals surface area (Å²) in [5.74, 6) is 0.468. The minimum atomic E-state index is -0.155. The van der Waals surface area contributed by atoms with Gasteiger partial charge in [0.2, 0.25) is 11.8 Å². The molecule has 24 heavy (non-hydrogen) atoms. The lowest BCUT2D eigenvalue weighted by molar-refractivity contribution is -0.116. The Balaban J connectivity index is 1.73. The van der Waals surface area contributed by atoms with Crippen LogP contribution in [0.5, 0.6) is 5.75 Å². The van der Waals surface area contributed by atoms with Crippen molar-refractivity contribution in [2.24, 2.45) is 0 Å². The quantitative estimate of drug-likeness (QED) is 0.742. The number of ether oxygens (including phenoxy) is 1. The summed E-state index contributed by atoms with van der Waals surface area (Å²) in [7, 11) is 0. The van der Waals surface area contributed by atoms with Gasteiger partial charge in [-0.25, -0.2) is 0 Å². The highest BCUT2D eigenvalue weighted by Crippen LogP contribution is 2.17. The minimum absolute atomic E-state index is 0.102.